The molecular weight excluding hydrogens is 462 g/mol. The lowest BCUT2D eigenvalue weighted by Gasteiger charge is -2.36. The van der Waals surface area contributed by atoms with E-state index < -0.39 is 12.1 Å². The normalized spacial score (nSPS) is 27.8. The fraction of sp³-hybridized carbons (Fsp3) is 0.387. The van der Waals surface area contributed by atoms with Crippen LogP contribution < -0.4 is 10.6 Å². The quantitative estimate of drug-likeness (QED) is 0.629. The van der Waals surface area contributed by atoms with Crippen molar-refractivity contribution in [1.82, 2.24) is 10.2 Å². The van der Waals surface area contributed by atoms with Crippen LogP contribution in [0.15, 0.2) is 78.4 Å². The lowest BCUT2D eigenvalue weighted by Crippen LogP contribution is -2.57. The highest BCUT2D eigenvalue weighted by molar-refractivity contribution is 6.11. The number of rotatable bonds is 5. The van der Waals surface area contributed by atoms with Crippen molar-refractivity contribution in [2.75, 3.05) is 5.32 Å². The Kier molecular flexibility index (Phi) is 5.98. The molecule has 3 amide bonds. The van der Waals surface area contributed by atoms with Crippen LogP contribution in [0, 0.1) is 5.92 Å². The van der Waals surface area contributed by atoms with Gasteiger partial charge in [0.1, 0.15) is 12.1 Å². The Balaban J connectivity index is 1.38. The van der Waals surface area contributed by atoms with Gasteiger partial charge in [-0.2, -0.15) is 0 Å². The van der Waals surface area contributed by atoms with Crippen LogP contribution in [0.5, 0.6) is 0 Å². The van der Waals surface area contributed by atoms with Crippen LogP contribution in [0.1, 0.15) is 61.4 Å². The van der Waals surface area contributed by atoms with Gasteiger partial charge >= 0.3 is 0 Å². The lowest BCUT2D eigenvalue weighted by atomic mass is 9.86. The van der Waals surface area contributed by atoms with Gasteiger partial charge in [0.15, 0.2) is 0 Å². The van der Waals surface area contributed by atoms with E-state index in [-0.39, 0.29) is 35.1 Å². The lowest BCUT2D eigenvalue weighted by molar-refractivity contribution is -0.127. The van der Waals surface area contributed by atoms with Crippen LogP contribution in [-0.4, -0.2) is 40.7 Å². The molecular formula is C31H33N3O3. The van der Waals surface area contributed by atoms with Gasteiger partial charge in [-0.15, -0.1) is 0 Å². The maximum atomic E-state index is 14.0. The third kappa shape index (κ3) is 4.18. The molecule has 0 spiro atoms. The van der Waals surface area contributed by atoms with E-state index in [1.807, 2.05) is 12.1 Å². The monoisotopic (exact) mass is 495 g/mol. The van der Waals surface area contributed by atoms with Crippen molar-refractivity contribution in [3.63, 3.8) is 0 Å². The van der Waals surface area contributed by atoms with Crippen LogP contribution in [0.4, 0.5) is 5.69 Å². The van der Waals surface area contributed by atoms with Gasteiger partial charge in [-0.25, -0.2) is 0 Å². The summed E-state index contributed by atoms with van der Waals surface area (Å²) in [6.07, 6.45) is 12.6. The molecule has 6 nitrogen and oxygen atoms in total. The fourth-order valence-corrected chi connectivity index (χ4v) is 6.36. The van der Waals surface area contributed by atoms with E-state index in [1.165, 1.54) is 16.9 Å². The van der Waals surface area contributed by atoms with Gasteiger partial charge in [0.25, 0.3) is 5.91 Å². The fourth-order valence-electron chi connectivity index (χ4n) is 6.36. The molecule has 0 saturated heterocycles. The van der Waals surface area contributed by atoms with Gasteiger partial charge in [-0.1, -0.05) is 80.0 Å². The Hall–Kier alpha value is -3.67. The molecule has 4 aliphatic rings. The van der Waals surface area contributed by atoms with Gasteiger partial charge in [-0.05, 0) is 55.4 Å². The van der Waals surface area contributed by atoms with E-state index in [1.54, 1.807) is 31.2 Å². The number of carbonyl (C=O) groups is 3. The Morgan fingerprint density at radius 2 is 1.76 bits per heavy atom. The zero-order valence-electron chi connectivity index (χ0n) is 21.2. The van der Waals surface area contributed by atoms with Gasteiger partial charge in [0, 0.05) is 11.5 Å². The first kappa shape index (κ1) is 23.7. The van der Waals surface area contributed by atoms with Gasteiger partial charge in [0.05, 0.1) is 11.3 Å². The molecule has 3 unspecified atom stereocenters. The van der Waals surface area contributed by atoms with E-state index in [2.05, 4.69) is 47.1 Å². The van der Waals surface area contributed by atoms with Crippen molar-refractivity contribution >= 4 is 23.4 Å². The summed E-state index contributed by atoms with van der Waals surface area (Å²) in [4.78, 5) is 42.6. The molecule has 0 bridgehead atoms. The van der Waals surface area contributed by atoms with E-state index in [0.717, 1.165) is 37.7 Å². The van der Waals surface area contributed by atoms with Gasteiger partial charge < -0.3 is 15.5 Å². The Morgan fingerprint density at radius 3 is 2.51 bits per heavy atom. The molecule has 37 heavy (non-hydrogen) atoms. The Bertz CT molecular complexity index is 1290. The summed E-state index contributed by atoms with van der Waals surface area (Å²) in [5.41, 5.74) is 2.89. The van der Waals surface area contributed by atoms with Crippen molar-refractivity contribution < 1.29 is 14.4 Å². The number of nitrogens with zero attached hydrogens (tertiary/aromatic N) is 1. The van der Waals surface area contributed by atoms with Gasteiger partial charge in [0.2, 0.25) is 11.8 Å². The second-order valence-electron chi connectivity index (χ2n) is 10.9. The van der Waals surface area contributed by atoms with Crippen LogP contribution in [-0.2, 0) is 15.0 Å². The number of benzene rings is 2. The SMILES string of the molecule is CC1C(=O)Nc2ccccc2C(=O)N1C(C(=O)NC1CCCCC1)C1=C[C@@H]2CC2(c2ccccc2)C=C1. The van der Waals surface area contributed by atoms with E-state index in [9.17, 15) is 14.4 Å². The summed E-state index contributed by atoms with van der Waals surface area (Å²) in [7, 11) is 0. The van der Waals surface area contributed by atoms with Crippen molar-refractivity contribution in [2.45, 2.75) is 69.0 Å². The Morgan fingerprint density at radius 1 is 1.03 bits per heavy atom. The molecule has 0 radical (unpaired) electrons. The molecule has 2 saturated carbocycles. The highest BCUT2D eigenvalue weighted by Crippen LogP contribution is 2.58. The smallest absolute Gasteiger partial charge is 0.257 e. The van der Waals surface area contributed by atoms with Crippen molar-refractivity contribution in [3.8, 4) is 0 Å². The average Bonchev–Trinajstić information content (AvgIpc) is 3.68. The number of carbonyl (C=O) groups excluding carboxylic acids is 3. The number of hydrogen-bond donors (Lipinski definition) is 2. The molecule has 1 heterocycles. The van der Waals surface area contributed by atoms with E-state index in [4.69, 9.17) is 0 Å². The highest BCUT2D eigenvalue weighted by atomic mass is 16.2. The van der Waals surface area contributed by atoms with Crippen molar-refractivity contribution in [1.29, 1.82) is 0 Å². The minimum absolute atomic E-state index is 0.0481. The van der Waals surface area contributed by atoms with Crippen molar-refractivity contribution in [3.05, 3.63) is 89.5 Å². The van der Waals surface area contributed by atoms with Crippen LogP contribution >= 0.6 is 0 Å². The standard InChI is InChI=1S/C31H33N3O3/c1-20-28(35)33-26-15-9-8-14-25(26)30(37)34(20)27(29(36)32-24-12-6-3-7-13-24)21-16-17-31(19-23(31)18-21)22-10-4-2-5-11-22/h2,4-5,8-11,14-18,20,23-24,27H,3,6-7,12-13,19H2,1H3,(H,32,36)(H,33,35)/t20?,23-,27?,31?/m1/s1. The topological polar surface area (TPSA) is 78.5 Å². The summed E-state index contributed by atoms with van der Waals surface area (Å²) in [5, 5.41) is 6.13. The largest absolute Gasteiger partial charge is 0.351 e. The number of para-hydroxylation sites is 1. The van der Waals surface area contributed by atoms with Crippen molar-refractivity contribution in [2.24, 2.45) is 5.92 Å². The summed E-state index contributed by atoms with van der Waals surface area (Å²) >= 11 is 0. The van der Waals surface area contributed by atoms with Crippen LogP contribution in [0.25, 0.3) is 0 Å². The van der Waals surface area contributed by atoms with E-state index in [0.29, 0.717) is 11.3 Å². The summed E-state index contributed by atoms with van der Waals surface area (Å²) < 4.78 is 0. The maximum Gasteiger partial charge on any atom is 0.257 e. The number of nitrogens with one attached hydrogen (secondary N) is 2. The Labute approximate surface area is 217 Å². The molecule has 4 atom stereocenters. The maximum absolute atomic E-state index is 14.0. The molecule has 6 rings (SSSR count). The molecule has 2 N–H and O–H groups in total. The average molecular weight is 496 g/mol. The van der Waals surface area contributed by atoms with Crippen LogP contribution in [0.2, 0.25) is 0 Å². The first-order valence-corrected chi connectivity index (χ1v) is 13.5. The number of allylic oxidation sites excluding steroid dienone is 2. The number of amides is 3. The molecule has 0 aromatic heterocycles. The number of fused-ring (bicyclic) bond motifs is 2. The molecule has 6 heteroatoms. The minimum Gasteiger partial charge on any atom is -0.351 e. The molecule has 3 aliphatic carbocycles. The number of hydrogen-bond acceptors (Lipinski definition) is 3. The van der Waals surface area contributed by atoms with Gasteiger partial charge in [-0.3, -0.25) is 14.4 Å². The summed E-state index contributed by atoms with van der Waals surface area (Å²) in [6, 6.07) is 15.9. The second kappa shape index (κ2) is 9.33. The van der Waals surface area contributed by atoms with E-state index >= 15 is 0 Å². The van der Waals surface area contributed by atoms with Crippen LogP contribution in [0.3, 0.4) is 0 Å². The minimum atomic E-state index is -0.882. The molecule has 2 fully saturated rings. The second-order valence-corrected chi connectivity index (χ2v) is 10.9. The molecule has 1 aliphatic heterocycles. The third-order valence-corrected chi connectivity index (χ3v) is 8.58. The molecule has 2 aromatic rings. The summed E-state index contributed by atoms with van der Waals surface area (Å²) in [6.45, 7) is 1.71. The first-order valence-electron chi connectivity index (χ1n) is 13.5. The number of anilines is 1. The third-order valence-electron chi connectivity index (χ3n) is 8.58. The summed E-state index contributed by atoms with van der Waals surface area (Å²) in [5.74, 6) is -0.545. The highest BCUT2D eigenvalue weighted by Gasteiger charge is 2.54. The first-order chi connectivity index (χ1) is 18.0. The molecule has 190 valence electrons. The predicted octanol–water partition coefficient (Wildman–Crippen LogP) is 4.74. The molecule has 2 aromatic carbocycles. The zero-order chi connectivity index (χ0) is 25.6. The zero-order valence-corrected chi connectivity index (χ0v) is 21.2. The predicted molar refractivity (Wildman–Crippen MR) is 143 cm³/mol.